The average molecular weight is 256 g/mol. The predicted molar refractivity (Wildman–Crippen MR) is 70.8 cm³/mol. The first-order valence-corrected chi connectivity index (χ1v) is 6.20. The molecule has 0 saturated heterocycles. The molecule has 1 N–H and O–H groups in total. The first kappa shape index (κ1) is 13.8. The molecule has 1 unspecified atom stereocenters. The highest BCUT2D eigenvalue weighted by Gasteiger charge is 2.16. The number of para-hydroxylation sites is 1. The molecule has 3 nitrogen and oxygen atoms in total. The van der Waals surface area contributed by atoms with Crippen molar-refractivity contribution in [3.63, 3.8) is 0 Å². The van der Waals surface area contributed by atoms with Gasteiger partial charge >= 0.3 is 5.97 Å². The highest BCUT2D eigenvalue weighted by Crippen LogP contribution is 2.27. The Bertz CT molecular complexity index is 393. The molecule has 0 bridgehead atoms. The lowest BCUT2D eigenvalue weighted by atomic mass is 10.1. The van der Waals surface area contributed by atoms with Gasteiger partial charge in [0, 0.05) is 6.04 Å². The van der Waals surface area contributed by atoms with Crippen LogP contribution in [0.5, 0.6) is 0 Å². The molecule has 0 aliphatic heterocycles. The smallest absolute Gasteiger partial charge is 0.340 e. The highest BCUT2D eigenvalue weighted by molar-refractivity contribution is 6.34. The van der Waals surface area contributed by atoms with E-state index in [-0.39, 0.29) is 12.0 Å². The summed E-state index contributed by atoms with van der Waals surface area (Å²) in [6.45, 7) is 6.25. The molecule has 0 saturated carbocycles. The number of rotatable bonds is 5. The fourth-order valence-corrected chi connectivity index (χ4v) is 1.63. The van der Waals surface area contributed by atoms with Crippen molar-refractivity contribution in [1.82, 2.24) is 0 Å². The number of benzene rings is 1. The van der Waals surface area contributed by atoms with Crippen molar-refractivity contribution >= 4 is 23.3 Å². The zero-order valence-electron chi connectivity index (χ0n) is 10.4. The monoisotopic (exact) mass is 255 g/mol. The van der Waals surface area contributed by atoms with E-state index in [0.717, 1.165) is 6.42 Å². The molecule has 1 atom stereocenters. The number of hydrogen-bond donors (Lipinski definition) is 1. The van der Waals surface area contributed by atoms with Crippen LogP contribution < -0.4 is 5.32 Å². The number of anilines is 1. The zero-order chi connectivity index (χ0) is 12.8. The third-order valence-corrected chi connectivity index (χ3v) is 2.83. The van der Waals surface area contributed by atoms with E-state index in [4.69, 9.17) is 16.3 Å². The van der Waals surface area contributed by atoms with Crippen molar-refractivity contribution in [2.24, 2.45) is 0 Å². The summed E-state index contributed by atoms with van der Waals surface area (Å²) in [4.78, 5) is 11.8. The topological polar surface area (TPSA) is 38.3 Å². The van der Waals surface area contributed by atoms with E-state index in [1.807, 2.05) is 6.92 Å². The van der Waals surface area contributed by atoms with Gasteiger partial charge in [0.15, 0.2) is 0 Å². The van der Waals surface area contributed by atoms with E-state index in [9.17, 15) is 4.79 Å². The number of carbonyl (C=O) groups excluding carboxylic acids is 1. The summed E-state index contributed by atoms with van der Waals surface area (Å²) >= 11 is 6.10. The standard InChI is InChI=1S/C13H18ClNO2/c1-4-9(3)15-12-10(13(16)17-5-2)7-6-8-11(12)14/h6-9,15H,4-5H2,1-3H3. The van der Waals surface area contributed by atoms with E-state index in [1.54, 1.807) is 25.1 Å². The largest absolute Gasteiger partial charge is 0.462 e. The van der Waals surface area contributed by atoms with Gasteiger partial charge in [-0.2, -0.15) is 0 Å². The van der Waals surface area contributed by atoms with Crippen molar-refractivity contribution in [1.29, 1.82) is 0 Å². The minimum absolute atomic E-state index is 0.253. The second-order valence-electron chi connectivity index (χ2n) is 3.84. The van der Waals surface area contributed by atoms with Gasteiger partial charge in [-0.05, 0) is 32.4 Å². The molecule has 1 aromatic carbocycles. The van der Waals surface area contributed by atoms with Crippen LogP contribution in [0.15, 0.2) is 18.2 Å². The lowest BCUT2D eigenvalue weighted by Gasteiger charge is -2.17. The zero-order valence-corrected chi connectivity index (χ0v) is 11.2. The second kappa shape index (κ2) is 6.50. The highest BCUT2D eigenvalue weighted by atomic mass is 35.5. The average Bonchev–Trinajstić information content (AvgIpc) is 2.31. The molecule has 0 aliphatic carbocycles. The Labute approximate surface area is 107 Å². The van der Waals surface area contributed by atoms with Gasteiger partial charge in [0.05, 0.1) is 22.9 Å². The minimum Gasteiger partial charge on any atom is -0.462 e. The molecule has 94 valence electrons. The van der Waals surface area contributed by atoms with Crippen LogP contribution in [-0.2, 0) is 4.74 Å². The Morgan fingerprint density at radius 1 is 1.47 bits per heavy atom. The molecule has 0 aromatic heterocycles. The van der Waals surface area contributed by atoms with E-state index >= 15 is 0 Å². The van der Waals surface area contributed by atoms with Crippen LogP contribution in [0, 0.1) is 0 Å². The number of nitrogens with one attached hydrogen (secondary N) is 1. The van der Waals surface area contributed by atoms with Gasteiger partial charge < -0.3 is 10.1 Å². The molecular formula is C13H18ClNO2. The van der Waals surface area contributed by atoms with Crippen molar-refractivity contribution in [3.05, 3.63) is 28.8 Å². The van der Waals surface area contributed by atoms with Crippen LogP contribution in [0.3, 0.4) is 0 Å². The molecule has 0 spiro atoms. The summed E-state index contributed by atoms with van der Waals surface area (Å²) in [6.07, 6.45) is 0.952. The lowest BCUT2D eigenvalue weighted by molar-refractivity contribution is 0.0527. The number of carbonyl (C=O) groups is 1. The number of esters is 1. The molecule has 17 heavy (non-hydrogen) atoms. The van der Waals surface area contributed by atoms with Gasteiger partial charge in [0.25, 0.3) is 0 Å². The Hall–Kier alpha value is -1.22. The molecule has 0 heterocycles. The van der Waals surface area contributed by atoms with Gasteiger partial charge in [-0.15, -0.1) is 0 Å². The van der Waals surface area contributed by atoms with Crippen LogP contribution in [0.1, 0.15) is 37.6 Å². The minimum atomic E-state index is -0.346. The Morgan fingerprint density at radius 2 is 2.18 bits per heavy atom. The Kier molecular flexibility index (Phi) is 5.29. The Morgan fingerprint density at radius 3 is 2.76 bits per heavy atom. The van der Waals surface area contributed by atoms with Crippen LogP contribution in [-0.4, -0.2) is 18.6 Å². The van der Waals surface area contributed by atoms with Gasteiger partial charge in [0.1, 0.15) is 0 Å². The molecule has 1 rings (SSSR count). The maximum atomic E-state index is 11.8. The van der Waals surface area contributed by atoms with Gasteiger partial charge in [-0.25, -0.2) is 4.79 Å². The summed E-state index contributed by atoms with van der Waals surface area (Å²) in [5, 5.41) is 3.77. The summed E-state index contributed by atoms with van der Waals surface area (Å²) < 4.78 is 5.00. The van der Waals surface area contributed by atoms with E-state index in [1.165, 1.54) is 0 Å². The fourth-order valence-electron chi connectivity index (χ4n) is 1.40. The number of ether oxygens (including phenoxy) is 1. The number of halogens is 1. The van der Waals surface area contributed by atoms with Gasteiger partial charge in [-0.3, -0.25) is 0 Å². The van der Waals surface area contributed by atoms with Crippen LogP contribution in [0.25, 0.3) is 0 Å². The molecule has 1 aromatic rings. The van der Waals surface area contributed by atoms with Crippen molar-refractivity contribution in [3.8, 4) is 0 Å². The van der Waals surface area contributed by atoms with Crippen LogP contribution in [0.4, 0.5) is 5.69 Å². The third kappa shape index (κ3) is 3.63. The lowest BCUT2D eigenvalue weighted by Crippen LogP contribution is -2.17. The van der Waals surface area contributed by atoms with Crippen LogP contribution >= 0.6 is 11.6 Å². The SMILES string of the molecule is CCOC(=O)c1cccc(Cl)c1NC(C)CC. The molecule has 0 aliphatic rings. The van der Waals surface area contributed by atoms with E-state index < -0.39 is 0 Å². The summed E-state index contributed by atoms with van der Waals surface area (Å²) in [5.74, 6) is -0.346. The predicted octanol–water partition coefficient (Wildman–Crippen LogP) is 3.73. The van der Waals surface area contributed by atoms with E-state index in [2.05, 4.69) is 12.2 Å². The summed E-state index contributed by atoms with van der Waals surface area (Å²) in [6, 6.07) is 5.48. The molecule has 0 fully saturated rings. The van der Waals surface area contributed by atoms with Crippen molar-refractivity contribution in [2.45, 2.75) is 33.2 Å². The molecular weight excluding hydrogens is 238 g/mol. The van der Waals surface area contributed by atoms with Crippen LogP contribution in [0.2, 0.25) is 5.02 Å². The maximum Gasteiger partial charge on any atom is 0.340 e. The normalized spacial score (nSPS) is 12.0. The fraction of sp³-hybridized carbons (Fsp3) is 0.462. The molecule has 0 radical (unpaired) electrons. The Balaban J connectivity index is 3.03. The summed E-state index contributed by atoms with van der Waals surface area (Å²) in [5.41, 5.74) is 1.14. The first-order valence-electron chi connectivity index (χ1n) is 5.82. The first-order chi connectivity index (χ1) is 8.10. The maximum absolute atomic E-state index is 11.8. The molecule has 0 amide bonds. The number of hydrogen-bond acceptors (Lipinski definition) is 3. The van der Waals surface area contributed by atoms with Crippen molar-refractivity contribution < 1.29 is 9.53 Å². The van der Waals surface area contributed by atoms with Crippen molar-refractivity contribution in [2.75, 3.05) is 11.9 Å². The quantitative estimate of drug-likeness (QED) is 0.815. The third-order valence-electron chi connectivity index (χ3n) is 2.51. The molecule has 4 heteroatoms. The van der Waals surface area contributed by atoms with Gasteiger partial charge in [0.2, 0.25) is 0 Å². The second-order valence-corrected chi connectivity index (χ2v) is 4.24. The summed E-state index contributed by atoms with van der Waals surface area (Å²) in [7, 11) is 0. The van der Waals surface area contributed by atoms with Gasteiger partial charge in [-0.1, -0.05) is 24.6 Å². The van der Waals surface area contributed by atoms with E-state index in [0.29, 0.717) is 22.9 Å².